The number of carbonyl (C=O) groups is 3. The van der Waals surface area contributed by atoms with Gasteiger partial charge in [0.15, 0.2) is 0 Å². The van der Waals surface area contributed by atoms with E-state index in [9.17, 15) is 23.2 Å². The van der Waals surface area contributed by atoms with Crippen molar-refractivity contribution in [1.82, 2.24) is 16.0 Å². The molecule has 1 heterocycles. The van der Waals surface area contributed by atoms with Gasteiger partial charge in [-0.3, -0.25) is 18.8 Å². The van der Waals surface area contributed by atoms with Gasteiger partial charge in [0.2, 0.25) is 17.7 Å². The Morgan fingerprint density at radius 2 is 1.88 bits per heavy atom. The zero-order valence-corrected chi connectivity index (χ0v) is 19.3. The van der Waals surface area contributed by atoms with Crippen molar-refractivity contribution < 1.29 is 23.2 Å². The number of alkyl halides is 2. The Bertz CT molecular complexity index is 1000. The van der Waals surface area contributed by atoms with E-state index in [2.05, 4.69) is 28.1 Å². The molecule has 0 saturated heterocycles. The summed E-state index contributed by atoms with van der Waals surface area (Å²) < 4.78 is 25.4. The molecular formula is C26H31F2N3O3. The summed E-state index contributed by atoms with van der Waals surface area (Å²) in [6.07, 6.45) is -0.259. The van der Waals surface area contributed by atoms with Gasteiger partial charge < -0.3 is 16.0 Å². The first-order valence-electron chi connectivity index (χ1n) is 11.6. The van der Waals surface area contributed by atoms with Crippen LogP contribution in [0.3, 0.4) is 0 Å². The van der Waals surface area contributed by atoms with E-state index in [1.165, 1.54) is 12.5 Å². The molecule has 0 saturated carbocycles. The monoisotopic (exact) mass is 471 g/mol. The van der Waals surface area contributed by atoms with Crippen molar-refractivity contribution in [2.45, 2.75) is 63.8 Å². The largest absolute Gasteiger partial charge is 0.350 e. The number of fused-ring (bicyclic) bond motifs is 1. The van der Waals surface area contributed by atoms with Gasteiger partial charge in [0.1, 0.15) is 18.3 Å². The van der Waals surface area contributed by atoms with E-state index in [1.807, 2.05) is 36.4 Å². The van der Waals surface area contributed by atoms with Crippen molar-refractivity contribution in [1.29, 1.82) is 0 Å². The second-order valence-electron chi connectivity index (χ2n) is 8.61. The highest BCUT2D eigenvalue weighted by Gasteiger charge is 2.30. The first-order valence-corrected chi connectivity index (χ1v) is 11.6. The minimum atomic E-state index is -1.27. The maximum absolute atomic E-state index is 13.3. The maximum atomic E-state index is 13.3. The van der Waals surface area contributed by atoms with E-state index in [4.69, 9.17) is 0 Å². The molecule has 0 aromatic heterocycles. The Kier molecular flexibility index (Phi) is 9.13. The number of hydrogen-bond donors (Lipinski definition) is 3. The van der Waals surface area contributed by atoms with Crippen LogP contribution in [0.4, 0.5) is 8.78 Å². The fourth-order valence-corrected chi connectivity index (χ4v) is 4.00. The molecule has 3 rings (SSSR count). The van der Waals surface area contributed by atoms with Crippen LogP contribution in [0.1, 0.15) is 60.9 Å². The Hall–Kier alpha value is -3.29. The summed E-state index contributed by atoms with van der Waals surface area (Å²) in [5, 5.41) is 8.10. The average Bonchev–Trinajstić information content (AvgIpc) is 2.81. The predicted octanol–water partition coefficient (Wildman–Crippen LogP) is 3.44. The maximum Gasteiger partial charge on any atom is 0.247 e. The second-order valence-corrected chi connectivity index (χ2v) is 8.61. The summed E-state index contributed by atoms with van der Waals surface area (Å²) >= 11 is 0. The van der Waals surface area contributed by atoms with Crippen LogP contribution in [0.15, 0.2) is 48.5 Å². The molecule has 34 heavy (non-hydrogen) atoms. The van der Waals surface area contributed by atoms with Crippen LogP contribution in [0, 0.1) is 0 Å². The zero-order chi connectivity index (χ0) is 24.5. The lowest BCUT2D eigenvalue weighted by atomic mass is 9.92. The third kappa shape index (κ3) is 7.10. The summed E-state index contributed by atoms with van der Waals surface area (Å²) in [6, 6.07) is 14.2. The van der Waals surface area contributed by atoms with E-state index < -0.39 is 36.7 Å². The number of nitrogens with one attached hydrogen (secondary N) is 3. The quantitative estimate of drug-likeness (QED) is 0.469. The minimum absolute atomic E-state index is 0.0429. The molecule has 0 spiro atoms. The first kappa shape index (κ1) is 25.3. The lowest BCUT2D eigenvalue weighted by molar-refractivity contribution is -0.132. The fraction of sp³-hybridized carbons (Fsp3) is 0.423. The van der Waals surface area contributed by atoms with Gasteiger partial charge in [-0.25, -0.2) is 4.39 Å². The van der Waals surface area contributed by atoms with Gasteiger partial charge in [-0.15, -0.1) is 0 Å². The van der Waals surface area contributed by atoms with Crippen LogP contribution in [-0.4, -0.2) is 36.6 Å². The summed E-state index contributed by atoms with van der Waals surface area (Å²) in [4.78, 5) is 37.2. The number of rotatable bonds is 11. The summed E-state index contributed by atoms with van der Waals surface area (Å²) in [5.74, 6) is -1.19. The summed E-state index contributed by atoms with van der Waals surface area (Å²) in [6.45, 7) is 1.18. The van der Waals surface area contributed by atoms with E-state index in [-0.39, 0.29) is 31.6 Å². The third-order valence-electron chi connectivity index (χ3n) is 5.89. The van der Waals surface area contributed by atoms with Gasteiger partial charge in [0.05, 0.1) is 6.67 Å². The Morgan fingerprint density at radius 3 is 2.62 bits per heavy atom. The number of carbonyl (C=O) groups excluding carboxylic acids is 3. The van der Waals surface area contributed by atoms with Gasteiger partial charge in [-0.1, -0.05) is 48.5 Å². The molecule has 8 heteroatoms. The first-order chi connectivity index (χ1) is 16.4. The Morgan fingerprint density at radius 1 is 1.12 bits per heavy atom. The second kappa shape index (κ2) is 12.3. The number of amides is 3. The molecule has 6 nitrogen and oxygen atoms in total. The lowest BCUT2D eigenvalue weighted by Gasteiger charge is -2.28. The molecule has 2 aromatic rings. The van der Waals surface area contributed by atoms with Gasteiger partial charge in [-0.05, 0) is 48.4 Å². The van der Waals surface area contributed by atoms with E-state index in [1.54, 1.807) is 0 Å². The van der Waals surface area contributed by atoms with Crippen LogP contribution in [0.5, 0.6) is 0 Å². The van der Waals surface area contributed by atoms with E-state index in [0.29, 0.717) is 6.54 Å². The van der Waals surface area contributed by atoms with Crippen LogP contribution in [0.2, 0.25) is 0 Å². The van der Waals surface area contributed by atoms with Crippen LogP contribution in [0.25, 0.3) is 0 Å². The molecular weight excluding hydrogens is 440 g/mol. The van der Waals surface area contributed by atoms with Gasteiger partial charge in [-0.2, -0.15) is 0 Å². The summed E-state index contributed by atoms with van der Waals surface area (Å²) in [7, 11) is 0. The predicted molar refractivity (Wildman–Crippen MR) is 125 cm³/mol. The standard InChI is InChI=1S/C26H31F2N3O3/c1-17(30-23(32)9-5-8-21(28)12-13-27)25(33)31-24-22-11-10-19(14-18-6-3-2-4-7-18)15-20(22)16-29-26(24)34/h2-4,6-7,10-11,15,17,21,24H,5,8-9,12-14,16H2,1H3,(H,29,34)(H,30,32)(H,31,33)/t17-,21?,24?/m0/s1. The minimum Gasteiger partial charge on any atom is -0.350 e. The van der Waals surface area contributed by atoms with E-state index >= 15 is 0 Å². The lowest BCUT2D eigenvalue weighted by Crippen LogP contribution is -2.50. The van der Waals surface area contributed by atoms with Crippen molar-refractivity contribution >= 4 is 17.7 Å². The fourth-order valence-electron chi connectivity index (χ4n) is 4.00. The summed E-state index contributed by atoms with van der Waals surface area (Å²) in [5.41, 5.74) is 3.95. The molecule has 2 aromatic carbocycles. The molecule has 1 aliphatic rings. The normalized spacial score (nSPS) is 16.7. The van der Waals surface area contributed by atoms with Crippen molar-refractivity contribution in [3.05, 3.63) is 70.8 Å². The molecule has 1 aliphatic heterocycles. The number of benzene rings is 2. The van der Waals surface area contributed by atoms with Crippen molar-refractivity contribution in [2.24, 2.45) is 0 Å². The Balaban J connectivity index is 1.57. The van der Waals surface area contributed by atoms with Crippen LogP contribution >= 0.6 is 0 Å². The third-order valence-corrected chi connectivity index (χ3v) is 5.89. The SMILES string of the molecule is C[C@H](NC(=O)CCCC(F)CCF)C(=O)NC1C(=O)NCc2cc(Cc3ccccc3)ccc21. The molecule has 3 atom stereocenters. The molecule has 2 unspecified atom stereocenters. The Labute approximate surface area is 198 Å². The molecule has 182 valence electrons. The molecule has 3 amide bonds. The van der Waals surface area contributed by atoms with E-state index in [0.717, 1.165) is 23.1 Å². The van der Waals surface area contributed by atoms with Gasteiger partial charge in [0.25, 0.3) is 0 Å². The van der Waals surface area contributed by atoms with Crippen molar-refractivity contribution in [3.8, 4) is 0 Å². The molecule has 0 fully saturated rings. The zero-order valence-electron chi connectivity index (χ0n) is 19.3. The highest BCUT2D eigenvalue weighted by Crippen LogP contribution is 2.25. The highest BCUT2D eigenvalue weighted by atomic mass is 19.1. The molecule has 0 bridgehead atoms. The van der Waals surface area contributed by atoms with Crippen molar-refractivity contribution in [3.63, 3.8) is 0 Å². The van der Waals surface area contributed by atoms with Gasteiger partial charge >= 0.3 is 0 Å². The van der Waals surface area contributed by atoms with Gasteiger partial charge in [0, 0.05) is 19.4 Å². The number of hydrogen-bond acceptors (Lipinski definition) is 3. The van der Waals surface area contributed by atoms with Crippen LogP contribution < -0.4 is 16.0 Å². The molecule has 0 aliphatic carbocycles. The van der Waals surface area contributed by atoms with Crippen molar-refractivity contribution in [2.75, 3.05) is 6.67 Å². The molecule has 0 radical (unpaired) electrons. The highest BCUT2D eigenvalue weighted by molar-refractivity contribution is 5.93. The number of halogens is 2. The smallest absolute Gasteiger partial charge is 0.247 e. The topological polar surface area (TPSA) is 87.3 Å². The average molecular weight is 472 g/mol. The molecule has 3 N–H and O–H groups in total. The van der Waals surface area contributed by atoms with Crippen LogP contribution in [-0.2, 0) is 27.3 Å².